The van der Waals surface area contributed by atoms with E-state index in [-0.39, 0.29) is 24.4 Å². The molecule has 3 N–H and O–H groups in total. The van der Waals surface area contributed by atoms with Crippen LogP contribution in [0.4, 0.5) is 0 Å². The second-order valence-electron chi connectivity index (χ2n) is 5.72. The fourth-order valence-electron chi connectivity index (χ4n) is 2.50. The molecule has 0 radical (unpaired) electrons. The van der Waals surface area contributed by atoms with Gasteiger partial charge in [-0.2, -0.15) is 5.10 Å². The molecule has 0 spiro atoms. The number of para-hydroxylation sites is 1. The molecule has 5 nitrogen and oxygen atoms in total. The molecule has 1 aliphatic carbocycles. The molecule has 1 saturated carbocycles. The highest BCUT2D eigenvalue weighted by Crippen LogP contribution is 2.31. The van der Waals surface area contributed by atoms with Gasteiger partial charge in [0.15, 0.2) is 0 Å². The Morgan fingerprint density at radius 1 is 1.48 bits per heavy atom. The van der Waals surface area contributed by atoms with Crippen molar-refractivity contribution in [3.8, 4) is 5.69 Å². The molecule has 1 aromatic carbocycles. The van der Waals surface area contributed by atoms with Gasteiger partial charge in [-0.3, -0.25) is 4.79 Å². The van der Waals surface area contributed by atoms with Gasteiger partial charge in [-0.1, -0.05) is 23.7 Å². The summed E-state index contributed by atoms with van der Waals surface area (Å²) in [6, 6.07) is 7.45. The van der Waals surface area contributed by atoms with Crippen molar-refractivity contribution in [2.24, 2.45) is 11.7 Å². The molecule has 1 unspecified atom stereocenters. The third-order valence-corrected chi connectivity index (χ3v) is 4.38. The number of nitrogens with zero attached hydrogens (tertiary/aromatic N) is 2. The molecule has 23 heavy (non-hydrogen) atoms. The second-order valence-corrected chi connectivity index (χ2v) is 6.13. The van der Waals surface area contributed by atoms with Crippen LogP contribution in [-0.4, -0.2) is 28.3 Å². The van der Waals surface area contributed by atoms with E-state index in [0.717, 1.165) is 11.4 Å². The maximum absolute atomic E-state index is 12.3. The first-order valence-corrected chi connectivity index (χ1v) is 7.79. The maximum atomic E-state index is 12.3. The molecule has 7 heteroatoms. The molecule has 0 bridgehead atoms. The van der Waals surface area contributed by atoms with E-state index >= 15 is 0 Å². The summed E-state index contributed by atoms with van der Waals surface area (Å²) in [4.78, 5) is 12.3. The van der Waals surface area contributed by atoms with Gasteiger partial charge in [-0.05, 0) is 37.8 Å². The third kappa shape index (κ3) is 3.86. The zero-order valence-electron chi connectivity index (χ0n) is 12.8. The molecule has 2 aromatic rings. The molecular weight excluding hydrogens is 335 g/mol. The van der Waals surface area contributed by atoms with Crippen molar-refractivity contribution >= 4 is 29.9 Å². The van der Waals surface area contributed by atoms with Gasteiger partial charge >= 0.3 is 0 Å². The van der Waals surface area contributed by atoms with Crippen molar-refractivity contribution in [3.63, 3.8) is 0 Å². The molecule has 1 heterocycles. The largest absolute Gasteiger partial charge is 0.350 e. The summed E-state index contributed by atoms with van der Waals surface area (Å²) in [5.74, 6) is 0.416. The summed E-state index contributed by atoms with van der Waals surface area (Å²) >= 11 is 6.19. The number of hydrogen-bond acceptors (Lipinski definition) is 3. The predicted octanol–water partition coefficient (Wildman–Crippen LogP) is 2.72. The van der Waals surface area contributed by atoms with Gasteiger partial charge in [-0.15, -0.1) is 12.4 Å². The lowest BCUT2D eigenvalue weighted by Crippen LogP contribution is -2.38. The average molecular weight is 355 g/mol. The first-order chi connectivity index (χ1) is 10.6. The van der Waals surface area contributed by atoms with Crippen molar-refractivity contribution < 1.29 is 4.79 Å². The van der Waals surface area contributed by atoms with Crippen LogP contribution >= 0.6 is 24.0 Å². The number of hydrogen-bond donors (Lipinski definition) is 2. The summed E-state index contributed by atoms with van der Waals surface area (Å²) in [6.07, 6.45) is 3.90. The molecule has 3 rings (SSSR count). The molecule has 1 aliphatic rings. The minimum absolute atomic E-state index is 0. The van der Waals surface area contributed by atoms with Crippen LogP contribution in [0, 0.1) is 12.8 Å². The number of amides is 1. The van der Waals surface area contributed by atoms with E-state index in [2.05, 4.69) is 10.4 Å². The Hall–Kier alpha value is -1.56. The van der Waals surface area contributed by atoms with Gasteiger partial charge in [-0.25, -0.2) is 4.68 Å². The zero-order valence-corrected chi connectivity index (χ0v) is 14.4. The van der Waals surface area contributed by atoms with Gasteiger partial charge < -0.3 is 11.1 Å². The van der Waals surface area contributed by atoms with E-state index < -0.39 is 0 Å². The van der Waals surface area contributed by atoms with E-state index in [4.69, 9.17) is 17.3 Å². The van der Waals surface area contributed by atoms with Crippen LogP contribution in [0.1, 0.15) is 28.9 Å². The molecular formula is C16H20Cl2N4O. The van der Waals surface area contributed by atoms with Gasteiger partial charge in [0.05, 0.1) is 28.2 Å². The Bertz CT molecular complexity index is 697. The molecule has 1 atom stereocenters. The number of nitrogens with one attached hydrogen (secondary N) is 1. The van der Waals surface area contributed by atoms with Gasteiger partial charge in [0.1, 0.15) is 0 Å². The van der Waals surface area contributed by atoms with Crippen molar-refractivity contribution in [2.75, 3.05) is 6.54 Å². The topological polar surface area (TPSA) is 72.9 Å². The van der Waals surface area contributed by atoms with Gasteiger partial charge in [0, 0.05) is 12.6 Å². The number of carbonyl (C=O) groups excluding carboxylic acids is 1. The highest BCUT2D eigenvalue weighted by Gasteiger charge is 2.28. The molecule has 1 fully saturated rings. The van der Waals surface area contributed by atoms with Crippen molar-refractivity contribution in [3.05, 3.63) is 46.7 Å². The lowest BCUT2D eigenvalue weighted by atomic mass is 10.2. The van der Waals surface area contributed by atoms with Crippen molar-refractivity contribution in [2.45, 2.75) is 25.8 Å². The Balaban J connectivity index is 0.00000192. The van der Waals surface area contributed by atoms with Crippen LogP contribution in [0.2, 0.25) is 5.02 Å². The quantitative estimate of drug-likeness (QED) is 0.866. The summed E-state index contributed by atoms with van der Waals surface area (Å²) in [5, 5.41) is 7.77. The van der Waals surface area contributed by atoms with Gasteiger partial charge in [0.2, 0.25) is 0 Å². The van der Waals surface area contributed by atoms with E-state index in [1.165, 1.54) is 12.8 Å². The Morgan fingerprint density at radius 2 is 2.17 bits per heavy atom. The summed E-state index contributed by atoms with van der Waals surface area (Å²) in [7, 11) is 0. The SMILES string of the molecule is Cc1c(C(=O)NCC(N)C2CC2)cnn1-c1ccccc1Cl.Cl. The summed E-state index contributed by atoms with van der Waals surface area (Å²) in [6.45, 7) is 2.35. The van der Waals surface area contributed by atoms with Crippen LogP contribution in [0.25, 0.3) is 5.69 Å². The normalized spacial score (nSPS) is 14.9. The van der Waals surface area contributed by atoms with E-state index in [1.54, 1.807) is 16.9 Å². The fourth-order valence-corrected chi connectivity index (χ4v) is 2.71. The zero-order chi connectivity index (χ0) is 15.7. The van der Waals surface area contributed by atoms with E-state index in [1.807, 2.05) is 25.1 Å². The Morgan fingerprint density at radius 3 is 2.83 bits per heavy atom. The van der Waals surface area contributed by atoms with Crippen LogP contribution in [0.15, 0.2) is 30.5 Å². The molecule has 124 valence electrons. The van der Waals surface area contributed by atoms with Crippen LogP contribution in [-0.2, 0) is 0 Å². The number of rotatable bonds is 5. The van der Waals surface area contributed by atoms with Crippen LogP contribution in [0.3, 0.4) is 0 Å². The van der Waals surface area contributed by atoms with E-state index in [0.29, 0.717) is 23.0 Å². The number of aromatic nitrogens is 2. The minimum Gasteiger partial charge on any atom is -0.350 e. The number of nitrogens with two attached hydrogens (primary N) is 1. The highest BCUT2D eigenvalue weighted by molar-refractivity contribution is 6.32. The molecule has 1 amide bonds. The number of carbonyl (C=O) groups is 1. The summed E-state index contributed by atoms with van der Waals surface area (Å²) < 4.78 is 1.68. The van der Waals surface area contributed by atoms with Crippen molar-refractivity contribution in [1.82, 2.24) is 15.1 Å². The third-order valence-electron chi connectivity index (χ3n) is 4.06. The first kappa shape index (κ1) is 17.8. The summed E-state index contributed by atoms with van der Waals surface area (Å²) in [5.41, 5.74) is 8.07. The maximum Gasteiger partial charge on any atom is 0.254 e. The van der Waals surface area contributed by atoms with Crippen LogP contribution < -0.4 is 11.1 Å². The van der Waals surface area contributed by atoms with Crippen LogP contribution in [0.5, 0.6) is 0 Å². The predicted molar refractivity (Wildman–Crippen MR) is 93.6 cm³/mol. The lowest BCUT2D eigenvalue weighted by Gasteiger charge is -2.11. The minimum atomic E-state index is -0.146. The molecule has 1 aromatic heterocycles. The smallest absolute Gasteiger partial charge is 0.254 e. The number of benzene rings is 1. The Kier molecular flexibility index (Phi) is 5.68. The average Bonchev–Trinajstić information content (AvgIpc) is 3.29. The molecule has 0 aliphatic heterocycles. The molecule has 0 saturated heterocycles. The van der Waals surface area contributed by atoms with Crippen molar-refractivity contribution in [1.29, 1.82) is 0 Å². The monoisotopic (exact) mass is 354 g/mol. The standard InChI is InChI=1S/C16H19ClN4O.ClH/c1-10-12(16(22)19-9-14(18)11-6-7-11)8-20-21(10)15-5-3-2-4-13(15)17;/h2-5,8,11,14H,6-7,9,18H2,1H3,(H,19,22);1H. The number of halogens is 2. The highest BCUT2D eigenvalue weighted by atomic mass is 35.5. The lowest BCUT2D eigenvalue weighted by molar-refractivity contribution is 0.0949. The van der Waals surface area contributed by atoms with E-state index in [9.17, 15) is 4.79 Å². The first-order valence-electron chi connectivity index (χ1n) is 7.41. The second kappa shape index (κ2) is 7.34. The fraction of sp³-hybridized carbons (Fsp3) is 0.375. The Labute approximate surface area is 146 Å². The van der Waals surface area contributed by atoms with Gasteiger partial charge in [0.25, 0.3) is 5.91 Å².